The molecule has 3 heterocycles. The van der Waals surface area contributed by atoms with Crippen molar-refractivity contribution in [3.63, 3.8) is 0 Å². The van der Waals surface area contributed by atoms with E-state index in [0.29, 0.717) is 22.3 Å². The number of hydrogen-bond donors (Lipinski definition) is 0. The molecule has 0 radical (unpaired) electrons. The summed E-state index contributed by atoms with van der Waals surface area (Å²) in [6.45, 7) is 0. The van der Waals surface area contributed by atoms with Crippen LogP contribution in [0.2, 0.25) is 0 Å². The smallest absolute Gasteiger partial charge is 0.167 e. The van der Waals surface area contributed by atoms with Crippen molar-refractivity contribution in [3.8, 4) is 62.1 Å². The first-order valence-electron chi connectivity index (χ1n) is 20.9. The van der Waals surface area contributed by atoms with E-state index in [4.69, 9.17) is 26.2 Å². The highest BCUT2D eigenvalue weighted by molar-refractivity contribution is 6.13. The first-order valence-corrected chi connectivity index (χ1v) is 18.4. The molecule has 8 aromatic carbocycles. The molecule has 0 aliphatic carbocycles. The third kappa shape index (κ3) is 5.29. The fourth-order valence-corrected chi connectivity index (χ4v) is 7.81. The molecule has 3 aromatic heterocycles. The number of nitrogens with zero attached hydrogens (tertiary/aromatic N) is 4. The average Bonchev–Trinajstić information content (AvgIpc) is 3.86. The van der Waals surface area contributed by atoms with E-state index in [2.05, 4.69) is 53.1 Å². The minimum absolute atomic E-state index is 0.0576. The zero-order valence-corrected chi connectivity index (χ0v) is 29.8. The second kappa shape index (κ2) is 13.0. The minimum atomic E-state index is -0.500. The summed E-state index contributed by atoms with van der Waals surface area (Å²) in [5.74, 6) is 0.423. The van der Waals surface area contributed by atoms with Gasteiger partial charge in [-0.25, -0.2) is 15.0 Å². The first-order chi connectivity index (χ1) is 29.8. The number of benzene rings is 8. The molecule has 0 amide bonds. The second-order valence-corrected chi connectivity index (χ2v) is 13.6. The molecule has 11 aromatic rings. The molecule has 262 valence electrons. The van der Waals surface area contributed by atoms with E-state index >= 15 is 0 Å². The van der Waals surface area contributed by atoms with E-state index < -0.39 is 30.2 Å². The Kier molecular flexibility index (Phi) is 6.29. The predicted molar refractivity (Wildman–Crippen MR) is 229 cm³/mol. The van der Waals surface area contributed by atoms with E-state index in [1.165, 1.54) is 0 Å². The molecule has 56 heavy (non-hydrogen) atoms. The Labute approximate surface area is 329 Å². The van der Waals surface area contributed by atoms with Crippen LogP contribution in [0.15, 0.2) is 198 Å². The lowest BCUT2D eigenvalue weighted by Gasteiger charge is -2.14. The maximum atomic E-state index is 8.98. The molecular weight excluding hydrogens is 685 g/mol. The van der Waals surface area contributed by atoms with Crippen LogP contribution in [0.4, 0.5) is 0 Å². The highest BCUT2D eigenvalue weighted by Crippen LogP contribution is 2.42. The van der Waals surface area contributed by atoms with E-state index in [-0.39, 0.29) is 23.0 Å². The van der Waals surface area contributed by atoms with Crippen LogP contribution in [-0.4, -0.2) is 19.5 Å². The summed E-state index contributed by atoms with van der Waals surface area (Å²) in [6.07, 6.45) is 0. The van der Waals surface area contributed by atoms with Crippen molar-refractivity contribution in [1.29, 1.82) is 0 Å². The van der Waals surface area contributed by atoms with Crippen LogP contribution in [0.5, 0.6) is 0 Å². The Bertz CT molecular complexity index is 3470. The summed E-state index contributed by atoms with van der Waals surface area (Å²) in [5.41, 5.74) is 9.06. The normalized spacial score (nSPS) is 12.8. The number of hydrogen-bond acceptors (Lipinski definition) is 4. The van der Waals surface area contributed by atoms with Crippen molar-refractivity contribution >= 4 is 43.7 Å². The molecule has 5 nitrogen and oxygen atoms in total. The number of aromatic nitrogens is 4. The van der Waals surface area contributed by atoms with Crippen LogP contribution in [-0.2, 0) is 0 Å². The molecule has 0 aliphatic heterocycles. The molecule has 0 atom stereocenters. The fourth-order valence-electron chi connectivity index (χ4n) is 7.81. The number of furan rings is 1. The molecular formula is C51H32N4O. The standard InChI is InChI=1S/C51H32N4O/c1-4-16-33(17-5-1)36-28-29-47-42(30-36)43-31-37(55-45-26-14-12-23-39(45)40-24-13-15-27-46(40)55)32-44(48(43)56-47)51-53-49(35-20-8-3-9-21-35)52-50(54-51)41-25-11-10-22-38(41)34-18-6-2-7-19-34/h1-32H/i3D,8D,9D,20D,21D. The van der Waals surface area contributed by atoms with E-state index in [1.807, 2.05) is 115 Å². The predicted octanol–water partition coefficient (Wildman–Crippen LogP) is 13.2. The van der Waals surface area contributed by atoms with E-state index in [0.717, 1.165) is 60.5 Å². The lowest BCUT2D eigenvalue weighted by atomic mass is 9.99. The topological polar surface area (TPSA) is 56.7 Å². The van der Waals surface area contributed by atoms with Gasteiger partial charge in [-0.3, -0.25) is 0 Å². The highest BCUT2D eigenvalue weighted by Gasteiger charge is 2.22. The first kappa shape index (κ1) is 27.0. The Balaban J connectivity index is 1.26. The van der Waals surface area contributed by atoms with Crippen LogP contribution in [0.25, 0.3) is 106 Å². The highest BCUT2D eigenvalue weighted by atomic mass is 16.3. The summed E-state index contributed by atoms with van der Waals surface area (Å²) < 4.78 is 52.4. The molecule has 11 rings (SSSR count). The summed E-state index contributed by atoms with van der Waals surface area (Å²) in [7, 11) is 0. The van der Waals surface area contributed by atoms with Gasteiger partial charge < -0.3 is 8.98 Å². The van der Waals surface area contributed by atoms with Gasteiger partial charge in [0.25, 0.3) is 0 Å². The number of fused-ring (bicyclic) bond motifs is 6. The van der Waals surface area contributed by atoms with Crippen LogP contribution < -0.4 is 0 Å². The lowest BCUT2D eigenvalue weighted by Crippen LogP contribution is -2.02. The van der Waals surface area contributed by atoms with Gasteiger partial charge in [-0.15, -0.1) is 0 Å². The lowest BCUT2D eigenvalue weighted by molar-refractivity contribution is 0.669. The second-order valence-electron chi connectivity index (χ2n) is 13.6. The number of para-hydroxylation sites is 2. The molecule has 5 heteroatoms. The van der Waals surface area contributed by atoms with Gasteiger partial charge >= 0.3 is 0 Å². The Morgan fingerprint density at radius 1 is 0.411 bits per heavy atom. The minimum Gasteiger partial charge on any atom is -0.455 e. The van der Waals surface area contributed by atoms with Gasteiger partial charge in [-0.05, 0) is 58.7 Å². The molecule has 0 spiro atoms. The van der Waals surface area contributed by atoms with Crippen molar-refractivity contribution in [2.24, 2.45) is 0 Å². The number of rotatable bonds is 6. The van der Waals surface area contributed by atoms with Crippen molar-refractivity contribution in [1.82, 2.24) is 19.5 Å². The molecule has 0 saturated carbocycles. The Hall–Kier alpha value is -7.63. The molecule has 0 aliphatic rings. The third-order valence-electron chi connectivity index (χ3n) is 10.4. The van der Waals surface area contributed by atoms with Crippen LogP contribution in [0, 0.1) is 0 Å². The van der Waals surface area contributed by atoms with E-state index in [9.17, 15) is 0 Å². The van der Waals surface area contributed by atoms with Crippen molar-refractivity contribution in [2.75, 3.05) is 0 Å². The zero-order chi connectivity index (χ0) is 41.4. The van der Waals surface area contributed by atoms with Crippen LogP contribution in [0.3, 0.4) is 0 Å². The summed E-state index contributed by atoms with van der Waals surface area (Å²) in [5, 5.41) is 3.94. The van der Waals surface area contributed by atoms with Gasteiger partial charge in [0.1, 0.15) is 11.2 Å². The van der Waals surface area contributed by atoms with Gasteiger partial charge in [0.2, 0.25) is 0 Å². The van der Waals surface area contributed by atoms with Crippen molar-refractivity contribution < 1.29 is 11.3 Å². The largest absolute Gasteiger partial charge is 0.455 e. The van der Waals surface area contributed by atoms with Gasteiger partial charge in [0, 0.05) is 38.4 Å². The zero-order valence-electron chi connectivity index (χ0n) is 34.8. The summed E-state index contributed by atoms with van der Waals surface area (Å²) >= 11 is 0. The maximum absolute atomic E-state index is 8.98. The van der Waals surface area contributed by atoms with Gasteiger partial charge in [-0.1, -0.05) is 158 Å². The van der Waals surface area contributed by atoms with Crippen molar-refractivity contribution in [2.45, 2.75) is 0 Å². The van der Waals surface area contributed by atoms with Gasteiger partial charge in [0.05, 0.1) is 23.5 Å². The van der Waals surface area contributed by atoms with E-state index in [1.54, 1.807) is 0 Å². The van der Waals surface area contributed by atoms with Crippen molar-refractivity contribution in [3.05, 3.63) is 194 Å². The monoisotopic (exact) mass is 721 g/mol. The molecule has 0 unspecified atom stereocenters. The van der Waals surface area contributed by atoms with Gasteiger partial charge in [-0.2, -0.15) is 0 Å². The third-order valence-corrected chi connectivity index (χ3v) is 10.4. The van der Waals surface area contributed by atoms with Gasteiger partial charge in [0.15, 0.2) is 17.5 Å². The summed E-state index contributed by atoms with van der Waals surface area (Å²) in [4.78, 5) is 15.1. The fraction of sp³-hybridized carbons (Fsp3) is 0. The SMILES string of the molecule is [2H]c1c([2H])c([2H])c(-c2nc(-c3ccccc3-c3ccccc3)nc(-c3cc(-n4c5ccccc5c5ccccc54)cc4c3oc3ccc(-c5ccccc5)cc34)n2)c([2H])c1[2H]. The molecule has 0 fully saturated rings. The Morgan fingerprint density at radius 3 is 1.71 bits per heavy atom. The average molecular weight is 722 g/mol. The van der Waals surface area contributed by atoms with Crippen LogP contribution >= 0.6 is 0 Å². The molecule has 0 bridgehead atoms. The molecule has 0 N–H and O–H groups in total. The Morgan fingerprint density at radius 2 is 1.00 bits per heavy atom. The summed E-state index contributed by atoms with van der Waals surface area (Å²) in [6, 6.07) is 52.5. The van der Waals surface area contributed by atoms with Crippen LogP contribution in [0.1, 0.15) is 6.85 Å². The quantitative estimate of drug-likeness (QED) is 0.172. The maximum Gasteiger partial charge on any atom is 0.167 e. The molecule has 0 saturated heterocycles.